The van der Waals surface area contributed by atoms with Crippen molar-refractivity contribution in [1.82, 2.24) is 0 Å². The molecule has 0 aliphatic heterocycles. The van der Waals surface area contributed by atoms with Crippen LogP contribution in [-0.4, -0.2) is 12.8 Å². The second kappa shape index (κ2) is 6.23. The summed E-state index contributed by atoms with van der Waals surface area (Å²) in [5.74, 6) is 0.685. The monoisotopic (exact) mass is 302 g/mol. The van der Waals surface area contributed by atoms with Crippen molar-refractivity contribution in [1.29, 1.82) is 0 Å². The van der Waals surface area contributed by atoms with E-state index in [4.69, 9.17) is 5.73 Å². The Labute approximate surface area is 133 Å². The van der Waals surface area contributed by atoms with Gasteiger partial charge in [0.25, 0.3) is 0 Å². The number of hydrogen-bond acceptors (Lipinski definition) is 2. The molecule has 0 spiro atoms. The maximum atomic E-state index is 13.2. The van der Waals surface area contributed by atoms with Gasteiger partial charge in [0.15, 0.2) is 0 Å². The van der Waals surface area contributed by atoms with Gasteiger partial charge in [0.1, 0.15) is 5.82 Å². The first-order valence-corrected chi connectivity index (χ1v) is 8.08. The van der Waals surface area contributed by atoms with Crippen molar-refractivity contribution in [3.05, 3.63) is 46.9 Å². The molecule has 1 aliphatic rings. The Balaban J connectivity index is 2.54. The van der Waals surface area contributed by atoms with Crippen LogP contribution in [0.25, 0.3) is 0 Å². The third-order valence-corrected chi connectivity index (χ3v) is 4.96. The van der Waals surface area contributed by atoms with Gasteiger partial charge in [-0.1, -0.05) is 34.1 Å². The van der Waals surface area contributed by atoms with Gasteiger partial charge >= 0.3 is 0 Å². The molecule has 22 heavy (non-hydrogen) atoms. The van der Waals surface area contributed by atoms with E-state index in [1.807, 2.05) is 0 Å². The minimum Gasteiger partial charge on any atom is -0.402 e. The zero-order chi connectivity index (χ0) is 16.5. The van der Waals surface area contributed by atoms with Gasteiger partial charge in [0.05, 0.1) is 5.71 Å². The molecule has 1 fully saturated rings. The van der Waals surface area contributed by atoms with Crippen molar-refractivity contribution >= 4 is 5.71 Å². The number of aliphatic imine (C=N–C) groups is 1. The quantitative estimate of drug-likeness (QED) is 0.796. The summed E-state index contributed by atoms with van der Waals surface area (Å²) in [5, 5.41) is 0. The second-order valence-corrected chi connectivity index (χ2v) is 6.79. The smallest absolute Gasteiger partial charge is 0.123 e. The number of benzene rings is 1. The highest BCUT2D eigenvalue weighted by molar-refractivity contribution is 6.14. The van der Waals surface area contributed by atoms with Crippen LogP contribution in [0.1, 0.15) is 46.1 Å². The number of allylic oxidation sites excluding steroid dienone is 2. The fourth-order valence-corrected chi connectivity index (χ4v) is 3.37. The average Bonchev–Trinajstić information content (AvgIpc) is 3.16. The van der Waals surface area contributed by atoms with Gasteiger partial charge in [-0.25, -0.2) is 4.39 Å². The van der Waals surface area contributed by atoms with Crippen LogP contribution in [0.15, 0.2) is 40.5 Å². The van der Waals surface area contributed by atoms with Crippen molar-refractivity contribution in [2.45, 2.75) is 40.5 Å². The standard InChI is InChI=1S/C19H27FN2/c1-6-14-11-19(14,4)16(17(21)12(2)3)18(22-5)13-7-9-15(20)10-8-13/h7-10,12,14H,6,11,21H2,1-5H3/b17-16+,22-18?. The Kier molecular flexibility index (Phi) is 4.74. The van der Waals surface area contributed by atoms with Crippen molar-refractivity contribution < 1.29 is 4.39 Å². The molecule has 120 valence electrons. The molecule has 1 aromatic rings. The van der Waals surface area contributed by atoms with Gasteiger partial charge in [-0.05, 0) is 47.9 Å². The molecule has 0 bridgehead atoms. The molecule has 0 radical (unpaired) electrons. The molecule has 2 N–H and O–H groups in total. The number of rotatable bonds is 5. The predicted octanol–water partition coefficient (Wildman–Crippen LogP) is 4.55. The van der Waals surface area contributed by atoms with E-state index in [1.54, 1.807) is 19.2 Å². The first-order valence-electron chi connectivity index (χ1n) is 8.08. The zero-order valence-electron chi connectivity index (χ0n) is 14.3. The maximum Gasteiger partial charge on any atom is 0.123 e. The summed E-state index contributed by atoms with van der Waals surface area (Å²) in [6, 6.07) is 6.54. The third-order valence-electron chi connectivity index (χ3n) is 4.96. The molecule has 0 aromatic heterocycles. The van der Waals surface area contributed by atoms with E-state index >= 15 is 0 Å². The molecule has 2 unspecified atom stereocenters. The lowest BCUT2D eigenvalue weighted by Crippen LogP contribution is -2.23. The molecular weight excluding hydrogens is 275 g/mol. The normalized spacial score (nSPS) is 26.1. The van der Waals surface area contributed by atoms with E-state index in [0.717, 1.165) is 35.4 Å². The number of nitrogens with zero attached hydrogens (tertiary/aromatic N) is 1. The molecule has 2 atom stereocenters. The lowest BCUT2D eigenvalue weighted by Gasteiger charge is -2.23. The summed E-state index contributed by atoms with van der Waals surface area (Å²) in [6.07, 6.45) is 2.29. The van der Waals surface area contributed by atoms with Crippen molar-refractivity contribution in [2.75, 3.05) is 7.05 Å². The summed E-state index contributed by atoms with van der Waals surface area (Å²) in [7, 11) is 1.79. The van der Waals surface area contributed by atoms with Crippen LogP contribution in [0.4, 0.5) is 4.39 Å². The van der Waals surface area contributed by atoms with E-state index in [9.17, 15) is 4.39 Å². The highest BCUT2D eigenvalue weighted by Crippen LogP contribution is 2.60. The molecular formula is C19H27FN2. The molecule has 2 rings (SSSR count). The number of halogens is 1. The molecule has 0 saturated heterocycles. The Bertz CT molecular complexity index is 598. The topological polar surface area (TPSA) is 38.4 Å². The maximum absolute atomic E-state index is 13.2. The minimum atomic E-state index is -0.231. The van der Waals surface area contributed by atoms with E-state index in [-0.39, 0.29) is 17.2 Å². The number of nitrogens with two attached hydrogens (primary N) is 1. The summed E-state index contributed by atoms with van der Waals surface area (Å²) in [6.45, 7) is 8.72. The summed E-state index contributed by atoms with van der Waals surface area (Å²) in [4.78, 5) is 4.52. The Morgan fingerprint density at radius 1 is 1.36 bits per heavy atom. The van der Waals surface area contributed by atoms with Crippen molar-refractivity contribution in [3.8, 4) is 0 Å². The summed E-state index contributed by atoms with van der Waals surface area (Å²) >= 11 is 0. The molecule has 3 heteroatoms. The van der Waals surface area contributed by atoms with Gasteiger partial charge in [-0.3, -0.25) is 4.99 Å². The van der Waals surface area contributed by atoms with Crippen molar-refractivity contribution in [2.24, 2.45) is 28.0 Å². The zero-order valence-corrected chi connectivity index (χ0v) is 14.3. The van der Waals surface area contributed by atoms with Crippen LogP contribution in [-0.2, 0) is 0 Å². The van der Waals surface area contributed by atoms with E-state index in [2.05, 4.69) is 32.7 Å². The Morgan fingerprint density at radius 3 is 2.36 bits per heavy atom. The van der Waals surface area contributed by atoms with Crippen LogP contribution in [0.5, 0.6) is 0 Å². The Morgan fingerprint density at radius 2 is 1.95 bits per heavy atom. The molecule has 2 nitrogen and oxygen atoms in total. The fraction of sp³-hybridized carbons (Fsp3) is 0.526. The van der Waals surface area contributed by atoms with Gasteiger partial charge < -0.3 is 5.73 Å². The summed E-state index contributed by atoms with van der Waals surface area (Å²) < 4.78 is 13.2. The average molecular weight is 302 g/mol. The van der Waals surface area contributed by atoms with Crippen molar-refractivity contribution in [3.63, 3.8) is 0 Å². The van der Waals surface area contributed by atoms with Crippen LogP contribution in [0, 0.1) is 23.1 Å². The van der Waals surface area contributed by atoms with Gasteiger partial charge in [0, 0.05) is 23.9 Å². The first kappa shape index (κ1) is 16.7. The lowest BCUT2D eigenvalue weighted by atomic mass is 9.83. The van der Waals surface area contributed by atoms with Crippen LogP contribution in [0.3, 0.4) is 0 Å². The van der Waals surface area contributed by atoms with Gasteiger partial charge in [0.2, 0.25) is 0 Å². The summed E-state index contributed by atoms with van der Waals surface area (Å²) in [5.41, 5.74) is 10.5. The Hall–Kier alpha value is -1.64. The molecule has 1 saturated carbocycles. The molecule has 1 aliphatic carbocycles. The van der Waals surface area contributed by atoms with Crippen LogP contribution < -0.4 is 5.73 Å². The highest BCUT2D eigenvalue weighted by atomic mass is 19.1. The molecule has 1 aromatic carbocycles. The number of hydrogen-bond donors (Lipinski definition) is 1. The van der Waals surface area contributed by atoms with Crippen LogP contribution >= 0.6 is 0 Å². The largest absolute Gasteiger partial charge is 0.402 e. The van der Waals surface area contributed by atoms with Gasteiger partial charge in [-0.2, -0.15) is 0 Å². The lowest BCUT2D eigenvalue weighted by molar-refractivity contribution is 0.577. The fourth-order valence-electron chi connectivity index (χ4n) is 3.37. The third kappa shape index (κ3) is 2.94. The van der Waals surface area contributed by atoms with Gasteiger partial charge in [-0.15, -0.1) is 0 Å². The molecule has 0 amide bonds. The van der Waals surface area contributed by atoms with Crippen LogP contribution in [0.2, 0.25) is 0 Å². The highest BCUT2D eigenvalue weighted by Gasteiger charge is 2.53. The second-order valence-electron chi connectivity index (χ2n) is 6.79. The molecule has 0 heterocycles. The van der Waals surface area contributed by atoms with E-state index in [1.165, 1.54) is 12.1 Å². The predicted molar refractivity (Wildman–Crippen MR) is 91.4 cm³/mol. The first-order chi connectivity index (χ1) is 10.3. The van der Waals surface area contributed by atoms with E-state index < -0.39 is 0 Å². The SMILES string of the molecule is CCC1CC1(C)/C(C(=NC)c1ccc(F)cc1)=C(/N)C(C)C. The minimum absolute atomic E-state index is 0.0896. The van der Waals surface area contributed by atoms with E-state index in [0.29, 0.717) is 5.92 Å².